The number of hydrogen-bond acceptors (Lipinski definition) is 2. The Morgan fingerprint density at radius 2 is 1.42 bits per heavy atom. The van der Waals surface area contributed by atoms with Gasteiger partial charge < -0.3 is 5.11 Å². The Kier molecular flexibility index (Phi) is 3.36. The number of fused-ring (bicyclic) bond motifs is 3. The summed E-state index contributed by atoms with van der Waals surface area (Å²) in [5.41, 5.74) is 8.50. The fraction of sp³-hybridized carbons (Fsp3) is 0.0417. The molecular formula is C24H17NO. The van der Waals surface area contributed by atoms with Gasteiger partial charge in [-0.3, -0.25) is 4.98 Å². The van der Waals surface area contributed by atoms with E-state index in [1.807, 2.05) is 18.3 Å². The van der Waals surface area contributed by atoms with Crippen molar-refractivity contribution in [3.63, 3.8) is 0 Å². The highest BCUT2D eigenvalue weighted by Crippen LogP contribution is 2.49. The fourth-order valence-corrected chi connectivity index (χ4v) is 3.97. The van der Waals surface area contributed by atoms with Crippen molar-refractivity contribution in [3.8, 4) is 28.0 Å². The largest absolute Gasteiger partial charge is 0.506 e. The van der Waals surface area contributed by atoms with E-state index < -0.39 is 0 Å². The van der Waals surface area contributed by atoms with E-state index in [0.717, 1.165) is 5.56 Å². The Morgan fingerprint density at radius 3 is 2.27 bits per heavy atom. The second-order valence-corrected chi connectivity index (χ2v) is 6.66. The molecule has 0 saturated carbocycles. The molecule has 0 bridgehead atoms. The lowest BCUT2D eigenvalue weighted by Gasteiger charge is -2.14. The maximum absolute atomic E-state index is 9.90. The van der Waals surface area contributed by atoms with E-state index in [0.29, 0.717) is 0 Å². The van der Waals surface area contributed by atoms with E-state index in [4.69, 9.17) is 0 Å². The number of pyridine rings is 1. The number of nitrogens with zero attached hydrogens (tertiary/aromatic N) is 1. The third kappa shape index (κ3) is 2.31. The molecule has 2 heteroatoms. The molecule has 1 N–H and O–H groups in total. The van der Waals surface area contributed by atoms with Crippen molar-refractivity contribution in [2.45, 2.75) is 5.92 Å². The second kappa shape index (κ2) is 5.85. The highest BCUT2D eigenvalue weighted by Gasteiger charge is 2.30. The maximum Gasteiger partial charge on any atom is 0.134 e. The molecule has 4 aromatic rings. The topological polar surface area (TPSA) is 33.1 Å². The average molecular weight is 335 g/mol. The molecular weight excluding hydrogens is 318 g/mol. The van der Waals surface area contributed by atoms with Crippen molar-refractivity contribution < 1.29 is 5.11 Å². The van der Waals surface area contributed by atoms with Gasteiger partial charge in [0.25, 0.3) is 0 Å². The van der Waals surface area contributed by atoms with Crippen molar-refractivity contribution in [3.05, 3.63) is 108 Å². The first-order chi connectivity index (χ1) is 12.8. The monoisotopic (exact) mass is 335 g/mol. The van der Waals surface area contributed by atoms with Crippen molar-refractivity contribution in [1.29, 1.82) is 0 Å². The Balaban J connectivity index is 1.72. The summed E-state index contributed by atoms with van der Waals surface area (Å²) in [7, 11) is 0. The molecule has 1 aromatic heterocycles. The van der Waals surface area contributed by atoms with Gasteiger partial charge in [-0.2, -0.15) is 0 Å². The van der Waals surface area contributed by atoms with Crippen LogP contribution < -0.4 is 0 Å². The minimum atomic E-state index is 0.102. The van der Waals surface area contributed by atoms with Gasteiger partial charge in [0.2, 0.25) is 0 Å². The van der Waals surface area contributed by atoms with Crippen LogP contribution in [0, 0.1) is 0 Å². The molecule has 0 fully saturated rings. The highest BCUT2D eigenvalue weighted by molar-refractivity contribution is 5.84. The zero-order valence-corrected chi connectivity index (χ0v) is 14.1. The third-order valence-corrected chi connectivity index (χ3v) is 5.11. The molecule has 0 saturated heterocycles. The number of aromatic hydroxyl groups is 1. The van der Waals surface area contributed by atoms with Crippen molar-refractivity contribution in [2.75, 3.05) is 0 Å². The van der Waals surface area contributed by atoms with Gasteiger partial charge in [-0.15, -0.1) is 0 Å². The summed E-state index contributed by atoms with van der Waals surface area (Å²) >= 11 is 0. The average Bonchev–Trinajstić information content (AvgIpc) is 3.02. The number of aromatic nitrogens is 1. The van der Waals surface area contributed by atoms with E-state index in [9.17, 15) is 5.11 Å². The fourth-order valence-electron chi connectivity index (χ4n) is 3.97. The van der Waals surface area contributed by atoms with E-state index >= 15 is 0 Å². The van der Waals surface area contributed by atoms with Crippen LogP contribution in [-0.4, -0.2) is 10.1 Å². The standard InChI is InChI=1S/C24H17NO/c26-19-12-18(14-25-15-19)24-21-9-5-4-8-20(21)23-13-17(10-11-22(23)24)16-6-2-1-3-7-16/h1-15,24,26H. The van der Waals surface area contributed by atoms with Crippen molar-refractivity contribution >= 4 is 0 Å². The van der Waals surface area contributed by atoms with Crippen LogP contribution in [0.4, 0.5) is 0 Å². The van der Waals surface area contributed by atoms with Gasteiger partial charge in [0.1, 0.15) is 5.75 Å². The van der Waals surface area contributed by atoms with Crippen LogP contribution in [0.3, 0.4) is 0 Å². The lowest BCUT2D eigenvalue weighted by molar-refractivity contribution is 0.471. The summed E-state index contributed by atoms with van der Waals surface area (Å²) in [6, 6.07) is 27.5. The van der Waals surface area contributed by atoms with Crippen LogP contribution in [0.2, 0.25) is 0 Å². The summed E-state index contributed by atoms with van der Waals surface area (Å²) in [6.45, 7) is 0. The Morgan fingerprint density at radius 1 is 0.654 bits per heavy atom. The molecule has 3 aromatic carbocycles. The first-order valence-electron chi connectivity index (χ1n) is 8.74. The first kappa shape index (κ1) is 14.9. The molecule has 0 aliphatic heterocycles. The van der Waals surface area contributed by atoms with Crippen LogP contribution >= 0.6 is 0 Å². The van der Waals surface area contributed by atoms with Gasteiger partial charge in [-0.05, 0) is 51.1 Å². The summed E-state index contributed by atoms with van der Waals surface area (Å²) < 4.78 is 0. The zero-order valence-electron chi connectivity index (χ0n) is 14.1. The molecule has 1 atom stereocenters. The summed E-state index contributed by atoms with van der Waals surface area (Å²) in [5, 5.41) is 9.90. The summed E-state index contributed by atoms with van der Waals surface area (Å²) in [6.07, 6.45) is 3.32. The Bertz CT molecular complexity index is 1100. The molecule has 5 rings (SSSR count). The number of benzene rings is 3. The molecule has 1 heterocycles. The Hall–Kier alpha value is -3.39. The van der Waals surface area contributed by atoms with Gasteiger partial charge in [-0.1, -0.05) is 66.7 Å². The second-order valence-electron chi connectivity index (χ2n) is 6.66. The lowest BCUT2D eigenvalue weighted by atomic mass is 9.89. The molecule has 1 aliphatic rings. The van der Waals surface area contributed by atoms with Crippen molar-refractivity contribution in [1.82, 2.24) is 4.98 Å². The van der Waals surface area contributed by atoms with Crippen LogP contribution in [0.1, 0.15) is 22.6 Å². The molecule has 2 nitrogen and oxygen atoms in total. The molecule has 1 unspecified atom stereocenters. The number of hydrogen-bond donors (Lipinski definition) is 1. The van der Waals surface area contributed by atoms with Crippen LogP contribution in [-0.2, 0) is 0 Å². The van der Waals surface area contributed by atoms with Crippen LogP contribution in [0.25, 0.3) is 22.3 Å². The van der Waals surface area contributed by atoms with E-state index in [1.165, 1.54) is 39.6 Å². The van der Waals surface area contributed by atoms with Gasteiger partial charge in [0.15, 0.2) is 0 Å². The molecule has 26 heavy (non-hydrogen) atoms. The lowest BCUT2D eigenvalue weighted by Crippen LogP contribution is -1.99. The van der Waals surface area contributed by atoms with E-state index in [-0.39, 0.29) is 11.7 Å². The van der Waals surface area contributed by atoms with E-state index in [1.54, 1.807) is 0 Å². The van der Waals surface area contributed by atoms with Crippen molar-refractivity contribution in [2.24, 2.45) is 0 Å². The van der Waals surface area contributed by atoms with Gasteiger partial charge in [0.05, 0.1) is 6.20 Å². The normalized spacial score (nSPS) is 14.7. The van der Waals surface area contributed by atoms with Crippen LogP contribution in [0.5, 0.6) is 5.75 Å². The zero-order chi connectivity index (χ0) is 17.5. The predicted molar refractivity (Wildman–Crippen MR) is 104 cm³/mol. The molecule has 1 aliphatic carbocycles. The van der Waals surface area contributed by atoms with E-state index in [2.05, 4.69) is 71.7 Å². The molecule has 124 valence electrons. The van der Waals surface area contributed by atoms with Gasteiger partial charge in [-0.25, -0.2) is 0 Å². The summed E-state index contributed by atoms with van der Waals surface area (Å²) in [5.74, 6) is 0.306. The third-order valence-electron chi connectivity index (χ3n) is 5.11. The summed E-state index contributed by atoms with van der Waals surface area (Å²) in [4.78, 5) is 4.19. The van der Waals surface area contributed by atoms with Crippen LogP contribution in [0.15, 0.2) is 91.3 Å². The minimum Gasteiger partial charge on any atom is -0.506 e. The molecule has 0 amide bonds. The Labute approximate surface area is 152 Å². The first-order valence-corrected chi connectivity index (χ1v) is 8.74. The maximum atomic E-state index is 9.90. The SMILES string of the molecule is Oc1cncc(C2c3ccccc3-c3cc(-c4ccccc4)ccc32)c1. The predicted octanol–water partition coefficient (Wildman–Crippen LogP) is 5.61. The quantitative estimate of drug-likeness (QED) is 0.454. The number of rotatable bonds is 2. The minimum absolute atomic E-state index is 0.102. The van der Waals surface area contributed by atoms with Gasteiger partial charge >= 0.3 is 0 Å². The smallest absolute Gasteiger partial charge is 0.134 e. The van der Waals surface area contributed by atoms with Gasteiger partial charge in [0, 0.05) is 12.1 Å². The molecule has 0 radical (unpaired) electrons. The molecule has 0 spiro atoms. The highest BCUT2D eigenvalue weighted by atomic mass is 16.3.